The van der Waals surface area contributed by atoms with Crippen molar-refractivity contribution >= 4 is 0 Å². The fourth-order valence-electron chi connectivity index (χ4n) is 2.81. The number of hydrogen-bond donors (Lipinski definition) is 2. The number of benzene rings is 2. The number of allylic oxidation sites excluding steroid dienone is 2. The smallest absolute Gasteiger partial charge is 0.119 e. The summed E-state index contributed by atoms with van der Waals surface area (Å²) in [6, 6.07) is 15.9. The Kier molecular flexibility index (Phi) is 7.04. The minimum absolute atomic E-state index is 0.00272. The highest BCUT2D eigenvalue weighted by atomic mass is 16.5. The Morgan fingerprint density at radius 2 is 1.20 bits per heavy atom. The molecule has 25 heavy (non-hydrogen) atoms. The van der Waals surface area contributed by atoms with Crippen molar-refractivity contribution in [1.82, 2.24) is 0 Å². The molecule has 0 fully saturated rings. The highest BCUT2D eigenvalue weighted by Crippen LogP contribution is 2.35. The standard InChI is InChI=1S/C21H26O4/c1-3-12-21(2,17-4-8-19(9-5-17)24-15-13-22)18-6-10-20(11-7-18)25-16-14-23/h3-12,22-23H,13-16H2,1-2H3. The highest BCUT2D eigenvalue weighted by Gasteiger charge is 2.25. The summed E-state index contributed by atoms with van der Waals surface area (Å²) in [6.45, 7) is 4.77. The van der Waals surface area contributed by atoms with Gasteiger partial charge in [-0.05, 0) is 49.2 Å². The molecule has 0 spiro atoms. The van der Waals surface area contributed by atoms with Crippen molar-refractivity contribution < 1.29 is 19.7 Å². The van der Waals surface area contributed by atoms with Crippen molar-refractivity contribution in [1.29, 1.82) is 0 Å². The van der Waals surface area contributed by atoms with Crippen LogP contribution in [0.1, 0.15) is 25.0 Å². The number of hydrogen-bond acceptors (Lipinski definition) is 4. The van der Waals surface area contributed by atoms with Gasteiger partial charge in [0.2, 0.25) is 0 Å². The Hall–Kier alpha value is -2.30. The molecule has 4 heteroatoms. The summed E-state index contributed by atoms with van der Waals surface area (Å²) in [5.74, 6) is 1.49. The maximum Gasteiger partial charge on any atom is 0.119 e. The fourth-order valence-corrected chi connectivity index (χ4v) is 2.81. The van der Waals surface area contributed by atoms with Crippen LogP contribution in [0.3, 0.4) is 0 Å². The van der Waals surface area contributed by atoms with E-state index in [2.05, 4.69) is 13.0 Å². The van der Waals surface area contributed by atoms with Crippen LogP contribution in [0.2, 0.25) is 0 Å². The van der Waals surface area contributed by atoms with Crippen LogP contribution in [0, 0.1) is 0 Å². The van der Waals surface area contributed by atoms with Crippen LogP contribution < -0.4 is 9.47 Å². The summed E-state index contributed by atoms with van der Waals surface area (Å²) in [7, 11) is 0. The summed E-state index contributed by atoms with van der Waals surface area (Å²) >= 11 is 0. The van der Waals surface area contributed by atoms with Crippen LogP contribution >= 0.6 is 0 Å². The Labute approximate surface area is 149 Å². The molecule has 0 atom stereocenters. The minimum Gasteiger partial charge on any atom is -0.491 e. The topological polar surface area (TPSA) is 58.9 Å². The molecular weight excluding hydrogens is 316 g/mol. The van der Waals surface area contributed by atoms with Crippen LogP contribution in [0.25, 0.3) is 0 Å². The minimum atomic E-state index is -0.278. The summed E-state index contributed by atoms with van der Waals surface area (Å²) < 4.78 is 10.9. The molecule has 0 aromatic heterocycles. The molecule has 0 amide bonds. The Bertz CT molecular complexity index is 608. The molecular formula is C21H26O4. The van der Waals surface area contributed by atoms with Crippen LogP contribution in [0.5, 0.6) is 11.5 Å². The van der Waals surface area contributed by atoms with E-state index in [1.165, 1.54) is 0 Å². The molecule has 134 valence electrons. The van der Waals surface area contributed by atoms with Crippen LogP contribution in [0.4, 0.5) is 0 Å². The van der Waals surface area contributed by atoms with Gasteiger partial charge in [-0.2, -0.15) is 0 Å². The summed E-state index contributed by atoms with van der Waals surface area (Å²) in [5.41, 5.74) is 2.01. The van der Waals surface area contributed by atoms with Crippen molar-refractivity contribution in [2.45, 2.75) is 19.3 Å². The van der Waals surface area contributed by atoms with Crippen molar-refractivity contribution in [3.63, 3.8) is 0 Å². The lowest BCUT2D eigenvalue weighted by molar-refractivity contribution is 0.201. The van der Waals surface area contributed by atoms with Gasteiger partial charge < -0.3 is 19.7 Å². The molecule has 2 N–H and O–H groups in total. The second-order valence-electron chi connectivity index (χ2n) is 5.90. The number of ether oxygens (including phenoxy) is 2. The first-order valence-electron chi connectivity index (χ1n) is 8.46. The first-order chi connectivity index (χ1) is 12.1. The molecule has 0 heterocycles. The molecule has 0 saturated carbocycles. The maximum atomic E-state index is 8.85. The molecule has 0 unspecified atom stereocenters. The molecule has 2 aromatic rings. The Morgan fingerprint density at radius 3 is 1.52 bits per heavy atom. The van der Waals surface area contributed by atoms with Gasteiger partial charge in [-0.25, -0.2) is 0 Å². The third-order valence-electron chi connectivity index (χ3n) is 4.13. The quantitative estimate of drug-likeness (QED) is 0.687. The van der Waals surface area contributed by atoms with Gasteiger partial charge in [-0.1, -0.05) is 36.4 Å². The second kappa shape index (κ2) is 9.25. The zero-order valence-electron chi connectivity index (χ0n) is 14.8. The molecule has 0 aliphatic rings. The van der Waals surface area contributed by atoms with Crippen LogP contribution in [0.15, 0.2) is 60.7 Å². The summed E-state index contributed by atoms with van der Waals surface area (Å²) in [6.07, 6.45) is 4.21. The predicted octanol–water partition coefficient (Wildman–Crippen LogP) is 3.31. The zero-order chi connectivity index (χ0) is 18.1. The van der Waals surface area contributed by atoms with Crippen LogP contribution in [-0.4, -0.2) is 36.6 Å². The van der Waals surface area contributed by atoms with Gasteiger partial charge in [0, 0.05) is 5.41 Å². The molecule has 0 radical (unpaired) electrons. The maximum absolute atomic E-state index is 8.85. The number of aliphatic hydroxyl groups is 2. The third-order valence-corrected chi connectivity index (χ3v) is 4.13. The van der Waals surface area contributed by atoms with Crippen molar-refractivity contribution in [3.05, 3.63) is 71.8 Å². The van der Waals surface area contributed by atoms with E-state index in [1.807, 2.05) is 61.5 Å². The largest absolute Gasteiger partial charge is 0.491 e. The van der Waals surface area contributed by atoms with Gasteiger partial charge in [0.25, 0.3) is 0 Å². The first-order valence-corrected chi connectivity index (χ1v) is 8.46. The normalized spacial score (nSPS) is 11.7. The molecule has 0 bridgehead atoms. The van der Waals surface area contributed by atoms with Gasteiger partial charge >= 0.3 is 0 Å². The monoisotopic (exact) mass is 342 g/mol. The zero-order valence-corrected chi connectivity index (χ0v) is 14.8. The Balaban J connectivity index is 2.27. The van der Waals surface area contributed by atoms with Gasteiger partial charge in [0.05, 0.1) is 13.2 Å². The molecule has 0 aliphatic carbocycles. The third kappa shape index (κ3) is 4.84. The predicted molar refractivity (Wildman–Crippen MR) is 99.3 cm³/mol. The van der Waals surface area contributed by atoms with E-state index in [9.17, 15) is 0 Å². The molecule has 2 rings (SSSR count). The van der Waals surface area contributed by atoms with E-state index in [0.29, 0.717) is 13.2 Å². The van der Waals surface area contributed by atoms with E-state index in [0.717, 1.165) is 22.6 Å². The lowest BCUT2D eigenvalue weighted by Gasteiger charge is -2.28. The summed E-state index contributed by atoms with van der Waals surface area (Å²) in [5, 5.41) is 17.7. The number of rotatable bonds is 9. The second-order valence-corrected chi connectivity index (χ2v) is 5.90. The van der Waals surface area contributed by atoms with E-state index in [4.69, 9.17) is 19.7 Å². The van der Waals surface area contributed by atoms with Gasteiger partial charge in [0.1, 0.15) is 24.7 Å². The van der Waals surface area contributed by atoms with E-state index >= 15 is 0 Å². The number of aliphatic hydroxyl groups excluding tert-OH is 2. The van der Waals surface area contributed by atoms with Crippen molar-refractivity contribution in [2.75, 3.05) is 26.4 Å². The van der Waals surface area contributed by atoms with E-state index < -0.39 is 0 Å². The lowest BCUT2D eigenvalue weighted by atomic mass is 9.76. The average molecular weight is 342 g/mol. The van der Waals surface area contributed by atoms with Gasteiger partial charge in [-0.15, -0.1) is 0 Å². The average Bonchev–Trinajstić information content (AvgIpc) is 2.65. The van der Waals surface area contributed by atoms with Gasteiger partial charge in [0.15, 0.2) is 0 Å². The lowest BCUT2D eigenvalue weighted by Crippen LogP contribution is -2.20. The fraction of sp³-hybridized carbons (Fsp3) is 0.333. The molecule has 0 aliphatic heterocycles. The van der Waals surface area contributed by atoms with Crippen molar-refractivity contribution in [2.24, 2.45) is 0 Å². The summed E-state index contributed by atoms with van der Waals surface area (Å²) in [4.78, 5) is 0. The SMILES string of the molecule is CC=CC(C)(c1ccc(OCCO)cc1)c1ccc(OCCO)cc1. The first kappa shape index (κ1) is 19.0. The van der Waals surface area contributed by atoms with Crippen molar-refractivity contribution in [3.8, 4) is 11.5 Å². The molecule has 4 nitrogen and oxygen atoms in total. The van der Waals surface area contributed by atoms with E-state index in [-0.39, 0.29) is 18.6 Å². The molecule has 2 aromatic carbocycles. The van der Waals surface area contributed by atoms with Gasteiger partial charge in [-0.3, -0.25) is 0 Å². The Morgan fingerprint density at radius 1 is 0.800 bits per heavy atom. The van der Waals surface area contributed by atoms with E-state index in [1.54, 1.807) is 0 Å². The van der Waals surface area contributed by atoms with Crippen LogP contribution in [-0.2, 0) is 5.41 Å². The molecule has 0 saturated heterocycles. The highest BCUT2D eigenvalue weighted by molar-refractivity contribution is 5.46.